The van der Waals surface area contributed by atoms with E-state index >= 15 is 0 Å². The Bertz CT molecular complexity index is 600. The minimum atomic E-state index is 0.132. The van der Waals surface area contributed by atoms with Crippen molar-refractivity contribution in [1.82, 2.24) is 19.8 Å². The molecule has 0 spiro atoms. The molecule has 1 aliphatic heterocycles. The molecule has 0 radical (unpaired) electrons. The molecular weight excluding hydrogens is 276 g/mol. The van der Waals surface area contributed by atoms with Crippen molar-refractivity contribution in [1.29, 1.82) is 0 Å². The fourth-order valence-electron chi connectivity index (χ4n) is 2.95. The highest BCUT2D eigenvalue weighted by atomic mass is 16.2. The molecule has 1 N–H and O–H groups in total. The summed E-state index contributed by atoms with van der Waals surface area (Å²) in [4.78, 5) is 18.9. The first-order chi connectivity index (χ1) is 10.8. The van der Waals surface area contributed by atoms with E-state index in [1.807, 2.05) is 39.9 Å². The van der Waals surface area contributed by atoms with E-state index in [2.05, 4.69) is 17.2 Å². The van der Waals surface area contributed by atoms with Gasteiger partial charge >= 0.3 is 0 Å². The highest BCUT2D eigenvalue weighted by Crippen LogP contribution is 2.16. The molecule has 5 heteroatoms. The Balaban J connectivity index is 1.77. The number of nitrogens with zero attached hydrogens (tertiary/aromatic N) is 3. The summed E-state index contributed by atoms with van der Waals surface area (Å²) in [6.45, 7) is 4.83. The van der Waals surface area contributed by atoms with Gasteiger partial charge in [-0.3, -0.25) is 4.79 Å². The molecule has 116 valence electrons. The maximum atomic E-state index is 12.8. The van der Waals surface area contributed by atoms with E-state index in [-0.39, 0.29) is 5.91 Å². The van der Waals surface area contributed by atoms with Gasteiger partial charge in [-0.05, 0) is 43.7 Å². The van der Waals surface area contributed by atoms with Crippen LogP contribution in [0.5, 0.6) is 0 Å². The minimum absolute atomic E-state index is 0.132. The number of carbonyl (C=O) groups excluding carboxylic acids is 1. The van der Waals surface area contributed by atoms with Crippen molar-refractivity contribution in [3.63, 3.8) is 0 Å². The van der Waals surface area contributed by atoms with Crippen molar-refractivity contribution in [3.8, 4) is 5.69 Å². The van der Waals surface area contributed by atoms with Crippen LogP contribution in [0.3, 0.4) is 0 Å². The fourth-order valence-corrected chi connectivity index (χ4v) is 2.95. The van der Waals surface area contributed by atoms with Gasteiger partial charge < -0.3 is 14.8 Å². The van der Waals surface area contributed by atoms with Gasteiger partial charge in [-0.15, -0.1) is 0 Å². The van der Waals surface area contributed by atoms with Gasteiger partial charge in [-0.1, -0.05) is 6.92 Å². The molecular formula is C17H22N4O. The first-order valence-corrected chi connectivity index (χ1v) is 7.89. The summed E-state index contributed by atoms with van der Waals surface area (Å²) in [6.07, 6.45) is 7.41. The highest BCUT2D eigenvalue weighted by molar-refractivity contribution is 5.94. The summed E-state index contributed by atoms with van der Waals surface area (Å²) in [5, 5.41) is 3.34. The van der Waals surface area contributed by atoms with Crippen LogP contribution in [0, 0.1) is 0 Å². The quantitative estimate of drug-likeness (QED) is 0.919. The zero-order valence-corrected chi connectivity index (χ0v) is 12.9. The number of carbonyl (C=O) groups is 1. The Morgan fingerprint density at radius 2 is 2.23 bits per heavy atom. The normalized spacial score (nSPS) is 17.6. The SMILES string of the molecule is CCCN(C(=O)c1ccc(-n2ccnc2)cc1)C1CCNC1. The molecule has 2 heterocycles. The van der Waals surface area contributed by atoms with E-state index in [1.165, 1.54) is 0 Å². The molecule has 1 aromatic heterocycles. The molecule has 22 heavy (non-hydrogen) atoms. The van der Waals surface area contributed by atoms with Crippen LogP contribution < -0.4 is 5.32 Å². The third kappa shape index (κ3) is 3.04. The van der Waals surface area contributed by atoms with E-state index in [4.69, 9.17) is 0 Å². The van der Waals surface area contributed by atoms with Gasteiger partial charge in [0.2, 0.25) is 0 Å². The van der Waals surface area contributed by atoms with E-state index < -0.39 is 0 Å². The van der Waals surface area contributed by atoms with E-state index in [0.717, 1.165) is 43.7 Å². The molecule has 1 atom stereocenters. The molecule has 5 nitrogen and oxygen atoms in total. The molecule has 0 saturated carbocycles. The third-order valence-electron chi connectivity index (χ3n) is 4.12. The van der Waals surface area contributed by atoms with Gasteiger partial charge in [0.25, 0.3) is 5.91 Å². The van der Waals surface area contributed by atoms with Gasteiger partial charge in [0, 0.05) is 42.8 Å². The van der Waals surface area contributed by atoms with Gasteiger partial charge in [0.05, 0.1) is 6.33 Å². The molecule has 1 aliphatic rings. The van der Waals surface area contributed by atoms with Crippen LogP contribution >= 0.6 is 0 Å². The average molecular weight is 298 g/mol. The predicted molar refractivity (Wildman–Crippen MR) is 86.2 cm³/mol. The molecule has 3 rings (SSSR count). The molecule has 1 unspecified atom stereocenters. The lowest BCUT2D eigenvalue weighted by atomic mass is 10.1. The Morgan fingerprint density at radius 3 is 2.82 bits per heavy atom. The lowest BCUT2D eigenvalue weighted by Crippen LogP contribution is -2.42. The van der Waals surface area contributed by atoms with Gasteiger partial charge in [-0.25, -0.2) is 4.98 Å². The maximum absolute atomic E-state index is 12.8. The lowest BCUT2D eigenvalue weighted by molar-refractivity contribution is 0.0692. The van der Waals surface area contributed by atoms with Crippen LogP contribution in [0.25, 0.3) is 5.69 Å². The standard InChI is InChI=1S/C17H22N4O/c1-2-10-21(16-7-8-18-12-16)17(22)14-3-5-15(6-4-14)20-11-9-19-13-20/h3-6,9,11,13,16,18H,2,7-8,10,12H2,1H3. The van der Waals surface area contributed by atoms with Crippen molar-refractivity contribution in [2.24, 2.45) is 0 Å². The lowest BCUT2D eigenvalue weighted by Gasteiger charge is -2.28. The summed E-state index contributed by atoms with van der Waals surface area (Å²) in [6, 6.07) is 8.06. The van der Waals surface area contributed by atoms with Crippen molar-refractivity contribution >= 4 is 5.91 Å². The Hall–Kier alpha value is -2.14. The first-order valence-electron chi connectivity index (χ1n) is 7.89. The summed E-state index contributed by atoms with van der Waals surface area (Å²) >= 11 is 0. The minimum Gasteiger partial charge on any atom is -0.334 e. The average Bonchev–Trinajstić information content (AvgIpc) is 3.25. The molecule has 0 aliphatic carbocycles. The topological polar surface area (TPSA) is 50.2 Å². The number of aromatic nitrogens is 2. The monoisotopic (exact) mass is 298 g/mol. The number of amides is 1. The predicted octanol–water partition coefficient (Wildman–Crippen LogP) is 2.09. The second-order valence-corrected chi connectivity index (χ2v) is 5.66. The summed E-state index contributed by atoms with van der Waals surface area (Å²) in [5.41, 5.74) is 1.77. The third-order valence-corrected chi connectivity index (χ3v) is 4.12. The van der Waals surface area contributed by atoms with Crippen molar-refractivity contribution in [2.45, 2.75) is 25.8 Å². The van der Waals surface area contributed by atoms with Crippen LogP contribution in [0.15, 0.2) is 43.0 Å². The molecule has 1 saturated heterocycles. The number of imidazole rings is 1. The zero-order chi connectivity index (χ0) is 15.4. The molecule has 2 aromatic rings. The molecule has 0 bridgehead atoms. The van der Waals surface area contributed by atoms with Crippen LogP contribution in [0.2, 0.25) is 0 Å². The molecule has 1 aromatic carbocycles. The van der Waals surface area contributed by atoms with E-state index in [0.29, 0.717) is 6.04 Å². The second kappa shape index (κ2) is 6.75. The van der Waals surface area contributed by atoms with Gasteiger partial charge in [-0.2, -0.15) is 0 Å². The number of benzene rings is 1. The number of nitrogens with one attached hydrogen (secondary N) is 1. The van der Waals surface area contributed by atoms with Crippen LogP contribution in [-0.4, -0.2) is 46.0 Å². The van der Waals surface area contributed by atoms with Crippen LogP contribution in [0.4, 0.5) is 0 Å². The molecule has 1 fully saturated rings. The van der Waals surface area contributed by atoms with Crippen LogP contribution in [0.1, 0.15) is 30.1 Å². The Kier molecular flexibility index (Phi) is 4.53. The largest absolute Gasteiger partial charge is 0.334 e. The smallest absolute Gasteiger partial charge is 0.254 e. The van der Waals surface area contributed by atoms with Gasteiger partial charge in [0.1, 0.15) is 0 Å². The fraction of sp³-hybridized carbons (Fsp3) is 0.412. The van der Waals surface area contributed by atoms with Crippen molar-refractivity contribution < 1.29 is 4.79 Å². The van der Waals surface area contributed by atoms with Crippen LogP contribution in [-0.2, 0) is 0 Å². The first kappa shape index (κ1) is 14.8. The van der Waals surface area contributed by atoms with Crippen molar-refractivity contribution in [3.05, 3.63) is 48.5 Å². The maximum Gasteiger partial charge on any atom is 0.254 e. The highest BCUT2D eigenvalue weighted by Gasteiger charge is 2.26. The summed E-state index contributed by atoms with van der Waals surface area (Å²) in [7, 11) is 0. The zero-order valence-electron chi connectivity index (χ0n) is 12.9. The van der Waals surface area contributed by atoms with E-state index in [1.54, 1.807) is 12.5 Å². The Labute approximate surface area is 131 Å². The van der Waals surface area contributed by atoms with Gasteiger partial charge in [0.15, 0.2) is 0 Å². The number of hydrogen-bond acceptors (Lipinski definition) is 3. The van der Waals surface area contributed by atoms with E-state index in [9.17, 15) is 4.79 Å². The second-order valence-electron chi connectivity index (χ2n) is 5.66. The molecule has 1 amide bonds. The summed E-state index contributed by atoms with van der Waals surface area (Å²) in [5.74, 6) is 0.132. The van der Waals surface area contributed by atoms with Crippen molar-refractivity contribution in [2.75, 3.05) is 19.6 Å². The summed E-state index contributed by atoms with van der Waals surface area (Å²) < 4.78 is 1.93. The number of rotatable bonds is 5. The Morgan fingerprint density at radius 1 is 1.41 bits per heavy atom. The number of hydrogen-bond donors (Lipinski definition) is 1.